The van der Waals surface area contributed by atoms with Crippen molar-refractivity contribution >= 4 is 11.9 Å². The van der Waals surface area contributed by atoms with Gasteiger partial charge in [-0.15, -0.1) is 0 Å². The third-order valence-corrected chi connectivity index (χ3v) is 3.26. The van der Waals surface area contributed by atoms with E-state index in [9.17, 15) is 9.59 Å². The Morgan fingerprint density at radius 3 is 2.90 bits per heavy atom. The minimum atomic E-state index is -1.09. The van der Waals surface area contributed by atoms with Crippen molar-refractivity contribution in [3.05, 3.63) is 59.2 Å². The molecule has 0 fully saturated rings. The van der Waals surface area contributed by atoms with Gasteiger partial charge in [-0.05, 0) is 11.6 Å². The van der Waals surface area contributed by atoms with Crippen LogP contribution in [0.1, 0.15) is 32.0 Å². The van der Waals surface area contributed by atoms with Crippen molar-refractivity contribution in [3.8, 4) is 0 Å². The van der Waals surface area contributed by atoms with E-state index in [1.54, 1.807) is 11.0 Å². The summed E-state index contributed by atoms with van der Waals surface area (Å²) >= 11 is 0. The maximum absolute atomic E-state index is 12.2. The molecule has 1 aliphatic heterocycles. The molecule has 1 aromatic carbocycles. The molecule has 0 saturated carbocycles. The Morgan fingerprint density at radius 1 is 1.35 bits per heavy atom. The molecular weight excluding hydrogens is 258 g/mol. The number of hydrogen-bond donors (Lipinski definition) is 1. The van der Waals surface area contributed by atoms with E-state index in [4.69, 9.17) is 5.11 Å². The number of carbonyl (C=O) groups is 2. The Morgan fingerprint density at radius 2 is 2.15 bits per heavy atom. The zero-order valence-electron chi connectivity index (χ0n) is 10.5. The molecular formula is C14H11N3O3. The van der Waals surface area contributed by atoms with Gasteiger partial charge in [0.05, 0.1) is 12.2 Å². The number of benzene rings is 1. The third-order valence-electron chi connectivity index (χ3n) is 3.26. The summed E-state index contributed by atoms with van der Waals surface area (Å²) in [6, 6.07) is 7.36. The Kier molecular flexibility index (Phi) is 2.90. The lowest BCUT2D eigenvalue weighted by Crippen LogP contribution is -2.25. The van der Waals surface area contributed by atoms with E-state index >= 15 is 0 Å². The summed E-state index contributed by atoms with van der Waals surface area (Å²) in [5.74, 6) is -1.19. The van der Waals surface area contributed by atoms with Crippen molar-refractivity contribution in [3.63, 3.8) is 0 Å². The Balaban J connectivity index is 1.88. The van der Waals surface area contributed by atoms with Gasteiger partial charge < -0.3 is 10.0 Å². The van der Waals surface area contributed by atoms with Gasteiger partial charge in [0, 0.05) is 18.3 Å². The molecule has 1 N–H and O–H groups in total. The fourth-order valence-electron chi connectivity index (χ4n) is 2.28. The monoisotopic (exact) mass is 269 g/mol. The summed E-state index contributed by atoms with van der Waals surface area (Å²) in [6.07, 6.45) is 2.54. The van der Waals surface area contributed by atoms with Crippen molar-refractivity contribution in [1.82, 2.24) is 14.9 Å². The number of fused-ring (bicyclic) bond motifs is 1. The molecule has 2 heterocycles. The van der Waals surface area contributed by atoms with Crippen LogP contribution in [0.4, 0.5) is 0 Å². The van der Waals surface area contributed by atoms with Gasteiger partial charge in [0.15, 0.2) is 0 Å². The number of nitrogens with zero attached hydrogens (tertiary/aromatic N) is 3. The van der Waals surface area contributed by atoms with Gasteiger partial charge in [-0.3, -0.25) is 4.79 Å². The topological polar surface area (TPSA) is 83.4 Å². The smallest absolute Gasteiger partial charge is 0.339 e. The van der Waals surface area contributed by atoms with Crippen LogP contribution in [0.5, 0.6) is 0 Å². The van der Waals surface area contributed by atoms with Crippen LogP contribution in [0.25, 0.3) is 0 Å². The van der Waals surface area contributed by atoms with Crippen molar-refractivity contribution in [2.45, 2.75) is 13.1 Å². The van der Waals surface area contributed by atoms with Crippen molar-refractivity contribution in [2.75, 3.05) is 0 Å². The van der Waals surface area contributed by atoms with E-state index in [2.05, 4.69) is 9.97 Å². The fraction of sp³-hybridized carbons (Fsp3) is 0.143. The van der Waals surface area contributed by atoms with Crippen molar-refractivity contribution in [1.29, 1.82) is 0 Å². The molecule has 0 bridgehead atoms. The van der Waals surface area contributed by atoms with E-state index in [-0.39, 0.29) is 18.0 Å². The largest absolute Gasteiger partial charge is 0.478 e. The summed E-state index contributed by atoms with van der Waals surface area (Å²) in [4.78, 5) is 32.6. The number of carbonyl (C=O) groups excluding carboxylic acids is 1. The first kappa shape index (κ1) is 12.3. The second-order valence-corrected chi connectivity index (χ2v) is 4.51. The highest BCUT2D eigenvalue weighted by Gasteiger charge is 2.28. The number of carboxylic acids is 1. The van der Waals surface area contributed by atoms with Gasteiger partial charge in [0.25, 0.3) is 5.91 Å². The first-order valence-corrected chi connectivity index (χ1v) is 6.06. The van der Waals surface area contributed by atoms with Crippen LogP contribution in [-0.4, -0.2) is 31.9 Å². The third kappa shape index (κ3) is 2.01. The number of rotatable bonds is 3. The summed E-state index contributed by atoms with van der Waals surface area (Å²) in [5, 5.41) is 9.10. The molecule has 0 unspecified atom stereocenters. The van der Waals surface area contributed by atoms with Gasteiger partial charge in [0.2, 0.25) is 0 Å². The number of amides is 1. The van der Waals surface area contributed by atoms with Crippen LogP contribution >= 0.6 is 0 Å². The molecule has 0 atom stereocenters. The van der Waals surface area contributed by atoms with Crippen LogP contribution in [0.15, 0.2) is 36.8 Å². The fourth-order valence-corrected chi connectivity index (χ4v) is 2.28. The second-order valence-electron chi connectivity index (χ2n) is 4.51. The summed E-state index contributed by atoms with van der Waals surface area (Å²) in [5.41, 5.74) is 1.98. The van der Waals surface area contributed by atoms with Crippen molar-refractivity contribution < 1.29 is 14.7 Å². The van der Waals surface area contributed by atoms with Crippen LogP contribution in [0.2, 0.25) is 0 Å². The molecule has 1 amide bonds. The lowest BCUT2D eigenvalue weighted by molar-refractivity contribution is 0.0684. The molecule has 3 rings (SSSR count). The number of carboxylic acid groups (broad SMARTS) is 1. The molecule has 0 radical (unpaired) electrons. The summed E-state index contributed by atoms with van der Waals surface area (Å²) < 4.78 is 0. The molecule has 2 aromatic rings. The molecule has 0 spiro atoms. The molecule has 20 heavy (non-hydrogen) atoms. The second kappa shape index (κ2) is 4.73. The van der Waals surface area contributed by atoms with Gasteiger partial charge in [-0.1, -0.05) is 18.2 Å². The molecule has 0 aliphatic carbocycles. The Labute approximate surface area is 114 Å². The predicted molar refractivity (Wildman–Crippen MR) is 69.0 cm³/mol. The normalized spacial score (nSPS) is 13.4. The van der Waals surface area contributed by atoms with Crippen LogP contribution in [0, 0.1) is 0 Å². The van der Waals surface area contributed by atoms with E-state index < -0.39 is 5.97 Å². The average molecular weight is 269 g/mol. The highest BCUT2D eigenvalue weighted by molar-refractivity contribution is 5.98. The zero-order valence-corrected chi connectivity index (χ0v) is 10.5. The molecule has 6 heteroatoms. The van der Waals surface area contributed by atoms with Crippen molar-refractivity contribution in [2.24, 2.45) is 0 Å². The summed E-state index contributed by atoms with van der Waals surface area (Å²) in [7, 11) is 0. The summed E-state index contributed by atoms with van der Waals surface area (Å²) in [6.45, 7) is 0.635. The molecule has 6 nitrogen and oxygen atoms in total. The quantitative estimate of drug-likeness (QED) is 0.908. The SMILES string of the molecule is O=C(O)c1cncnc1CN1Cc2ccccc2C1=O. The van der Waals surface area contributed by atoms with Crippen LogP contribution < -0.4 is 0 Å². The molecule has 1 aromatic heterocycles. The van der Waals surface area contributed by atoms with Gasteiger partial charge in [-0.25, -0.2) is 14.8 Å². The van der Waals surface area contributed by atoms with E-state index in [0.29, 0.717) is 17.8 Å². The molecule has 0 saturated heterocycles. The number of aromatic nitrogens is 2. The molecule has 1 aliphatic rings. The first-order valence-electron chi connectivity index (χ1n) is 6.06. The van der Waals surface area contributed by atoms with Crippen LogP contribution in [-0.2, 0) is 13.1 Å². The van der Waals surface area contributed by atoms with E-state index in [0.717, 1.165) is 5.56 Å². The molecule has 100 valence electrons. The van der Waals surface area contributed by atoms with E-state index in [1.165, 1.54) is 12.5 Å². The standard InChI is InChI=1S/C14H11N3O3/c18-13-10-4-2-1-3-9(10)6-17(13)7-12-11(14(19)20)5-15-8-16-12/h1-5,8H,6-7H2,(H,19,20). The van der Waals surface area contributed by atoms with Gasteiger partial charge in [0.1, 0.15) is 11.9 Å². The highest BCUT2D eigenvalue weighted by atomic mass is 16.4. The minimum Gasteiger partial charge on any atom is -0.478 e. The van der Waals surface area contributed by atoms with Gasteiger partial charge in [-0.2, -0.15) is 0 Å². The van der Waals surface area contributed by atoms with Gasteiger partial charge >= 0.3 is 5.97 Å². The predicted octanol–water partition coefficient (Wildman–Crippen LogP) is 1.33. The van der Waals surface area contributed by atoms with Crippen LogP contribution in [0.3, 0.4) is 0 Å². The first-order chi connectivity index (χ1) is 9.66. The lowest BCUT2D eigenvalue weighted by Gasteiger charge is -2.15. The Bertz CT molecular complexity index is 700. The number of aromatic carboxylic acids is 1. The maximum Gasteiger partial charge on any atom is 0.339 e. The number of hydrogen-bond acceptors (Lipinski definition) is 4. The lowest BCUT2D eigenvalue weighted by atomic mass is 10.1. The highest BCUT2D eigenvalue weighted by Crippen LogP contribution is 2.24. The minimum absolute atomic E-state index is 0.0243. The maximum atomic E-state index is 12.2. The zero-order chi connectivity index (χ0) is 14.1. The average Bonchev–Trinajstić information content (AvgIpc) is 2.76. The van der Waals surface area contributed by atoms with E-state index in [1.807, 2.05) is 18.2 Å². The Hall–Kier alpha value is -2.76.